The van der Waals surface area contributed by atoms with Gasteiger partial charge in [-0.2, -0.15) is 8.78 Å². The average Bonchev–Trinajstić information content (AvgIpc) is 3.46. The largest absolute Gasteiger partial charge is 0.395 e. The molecule has 4 N–H and O–H groups in total. The molecule has 1 saturated heterocycles. The number of aromatic nitrogens is 2. The normalized spacial score (nSPS) is 23.4. The van der Waals surface area contributed by atoms with E-state index in [1.165, 1.54) is 11.8 Å². The molecule has 11 heteroatoms. The Bertz CT molecular complexity index is 1110. The average molecular weight is 430 g/mol. The fraction of sp³-hybridized carbons (Fsp3) is 0.579. The lowest BCUT2D eigenvalue weighted by atomic mass is 9.99. The molecule has 3 atom stereocenters. The van der Waals surface area contributed by atoms with Crippen LogP contribution in [0.2, 0.25) is 0 Å². The minimum atomic E-state index is -3.56. The zero-order chi connectivity index (χ0) is 22.0. The van der Waals surface area contributed by atoms with E-state index in [1.807, 2.05) is 4.98 Å². The first-order valence-corrected chi connectivity index (χ1v) is 9.69. The molecule has 7 nitrogen and oxygen atoms in total. The van der Waals surface area contributed by atoms with Crippen LogP contribution in [0, 0.1) is 24.6 Å². The van der Waals surface area contributed by atoms with E-state index >= 15 is 0 Å². The summed E-state index contributed by atoms with van der Waals surface area (Å²) in [5.74, 6) is -2.72. The van der Waals surface area contributed by atoms with E-state index in [4.69, 9.17) is 5.73 Å². The number of aromatic amines is 1. The van der Waals surface area contributed by atoms with Crippen molar-refractivity contribution in [3.8, 4) is 0 Å². The number of aliphatic hydroxyl groups excluding tert-OH is 1. The van der Waals surface area contributed by atoms with Crippen molar-refractivity contribution in [2.45, 2.75) is 38.0 Å². The van der Waals surface area contributed by atoms with E-state index in [0.29, 0.717) is 0 Å². The highest BCUT2D eigenvalue weighted by Crippen LogP contribution is 2.47. The molecule has 2 aliphatic rings. The predicted octanol–water partition coefficient (Wildman–Crippen LogP) is 1.19. The summed E-state index contributed by atoms with van der Waals surface area (Å²) in [4.78, 5) is 27.7. The molecule has 0 radical (unpaired) electrons. The summed E-state index contributed by atoms with van der Waals surface area (Å²) >= 11 is 0. The number of alkyl halides is 3. The van der Waals surface area contributed by atoms with E-state index in [9.17, 15) is 32.3 Å². The van der Waals surface area contributed by atoms with Crippen molar-refractivity contribution in [1.29, 1.82) is 0 Å². The SMILES string of the molecule is Cc1c(N2CC(F)C(C(N)CO)C2)c(F)cc2c(=O)[nH]c(=O)n(C(F)(F)C3CC3)c12. The van der Waals surface area contributed by atoms with Crippen molar-refractivity contribution in [3.05, 3.63) is 38.3 Å². The Morgan fingerprint density at radius 2 is 2.00 bits per heavy atom. The Kier molecular flexibility index (Phi) is 4.93. The third-order valence-corrected chi connectivity index (χ3v) is 6.09. The summed E-state index contributed by atoms with van der Waals surface area (Å²) < 4.78 is 59.6. The number of nitrogens with two attached hydrogens (primary N) is 1. The number of hydrogen-bond donors (Lipinski definition) is 3. The number of hydrogen-bond acceptors (Lipinski definition) is 5. The van der Waals surface area contributed by atoms with E-state index in [-0.39, 0.29) is 52.7 Å². The monoisotopic (exact) mass is 430 g/mol. The summed E-state index contributed by atoms with van der Waals surface area (Å²) in [7, 11) is 0. The molecule has 1 aliphatic carbocycles. The number of anilines is 1. The molecule has 2 heterocycles. The lowest BCUT2D eigenvalue weighted by molar-refractivity contribution is -0.103. The van der Waals surface area contributed by atoms with Gasteiger partial charge in [-0.15, -0.1) is 0 Å². The van der Waals surface area contributed by atoms with E-state index in [1.54, 1.807) is 0 Å². The molecule has 0 amide bonds. The summed E-state index contributed by atoms with van der Waals surface area (Å²) in [6.07, 6.45) is -1.01. The van der Waals surface area contributed by atoms with E-state index < -0.39 is 53.8 Å². The van der Waals surface area contributed by atoms with Crippen molar-refractivity contribution in [2.24, 2.45) is 17.6 Å². The predicted molar refractivity (Wildman–Crippen MR) is 102 cm³/mol. The van der Waals surface area contributed by atoms with Gasteiger partial charge in [0.15, 0.2) is 0 Å². The molecule has 2 aromatic rings. The van der Waals surface area contributed by atoms with Crippen LogP contribution in [0.1, 0.15) is 18.4 Å². The summed E-state index contributed by atoms with van der Waals surface area (Å²) in [5, 5.41) is 8.84. The Balaban J connectivity index is 1.93. The fourth-order valence-electron chi connectivity index (χ4n) is 4.34. The first-order valence-electron chi connectivity index (χ1n) is 9.69. The molecule has 3 unspecified atom stereocenters. The van der Waals surface area contributed by atoms with Gasteiger partial charge < -0.3 is 15.7 Å². The number of nitrogens with one attached hydrogen (secondary N) is 1. The highest BCUT2D eigenvalue weighted by molar-refractivity contribution is 5.87. The number of rotatable bonds is 5. The van der Waals surface area contributed by atoms with Gasteiger partial charge in [-0.05, 0) is 25.8 Å². The molecule has 2 fully saturated rings. The Hall–Kier alpha value is -2.40. The maximum absolute atomic E-state index is 15.0. The van der Waals surface area contributed by atoms with Gasteiger partial charge >= 0.3 is 11.7 Å². The van der Waals surface area contributed by atoms with Gasteiger partial charge in [-0.3, -0.25) is 9.78 Å². The van der Waals surface area contributed by atoms with Gasteiger partial charge in [0.05, 0.1) is 23.2 Å². The van der Waals surface area contributed by atoms with Crippen LogP contribution in [0.4, 0.5) is 23.2 Å². The lowest BCUT2D eigenvalue weighted by Gasteiger charge is -2.26. The molecule has 0 bridgehead atoms. The molecule has 1 aromatic heterocycles. The second-order valence-corrected chi connectivity index (χ2v) is 8.12. The first kappa shape index (κ1) is 20.9. The summed E-state index contributed by atoms with van der Waals surface area (Å²) in [5.41, 5.74) is 2.89. The van der Waals surface area contributed by atoms with Crippen molar-refractivity contribution in [3.63, 3.8) is 0 Å². The van der Waals surface area contributed by atoms with Gasteiger partial charge in [-0.1, -0.05) is 0 Å². The van der Waals surface area contributed by atoms with Crippen LogP contribution in [0.5, 0.6) is 0 Å². The van der Waals surface area contributed by atoms with Crippen LogP contribution >= 0.6 is 0 Å². The van der Waals surface area contributed by atoms with Gasteiger partial charge in [-0.25, -0.2) is 18.1 Å². The zero-order valence-corrected chi connectivity index (χ0v) is 16.2. The van der Waals surface area contributed by atoms with Crippen molar-refractivity contribution in [2.75, 3.05) is 24.6 Å². The lowest BCUT2D eigenvalue weighted by Crippen LogP contribution is -2.41. The number of nitrogens with zero attached hydrogens (tertiary/aromatic N) is 2. The van der Waals surface area contributed by atoms with Crippen molar-refractivity contribution >= 4 is 16.6 Å². The second kappa shape index (κ2) is 7.09. The molecule has 1 aromatic carbocycles. The van der Waals surface area contributed by atoms with Crippen LogP contribution < -0.4 is 21.9 Å². The van der Waals surface area contributed by atoms with Gasteiger partial charge in [0.1, 0.15) is 12.0 Å². The third kappa shape index (κ3) is 3.11. The smallest absolute Gasteiger partial charge is 0.336 e. The fourth-order valence-corrected chi connectivity index (χ4v) is 4.34. The molecule has 1 saturated carbocycles. The van der Waals surface area contributed by atoms with Crippen molar-refractivity contribution < 1.29 is 22.7 Å². The first-order chi connectivity index (χ1) is 14.1. The number of H-pyrrole nitrogens is 1. The molecule has 4 rings (SSSR count). The van der Waals surface area contributed by atoms with Crippen LogP contribution in [0.3, 0.4) is 0 Å². The highest BCUT2D eigenvalue weighted by atomic mass is 19.3. The van der Waals surface area contributed by atoms with Crippen LogP contribution in [0.15, 0.2) is 15.7 Å². The topological polar surface area (TPSA) is 104 Å². The molecule has 0 spiro atoms. The molecular formula is C19H22F4N4O3. The maximum atomic E-state index is 15.0. The quantitative estimate of drug-likeness (QED) is 0.619. The number of halogens is 4. The second-order valence-electron chi connectivity index (χ2n) is 8.12. The summed E-state index contributed by atoms with van der Waals surface area (Å²) in [6, 6.07) is -3.63. The van der Waals surface area contributed by atoms with Crippen molar-refractivity contribution in [1.82, 2.24) is 9.55 Å². The molecule has 30 heavy (non-hydrogen) atoms. The minimum absolute atomic E-state index is 0.0431. The third-order valence-electron chi connectivity index (χ3n) is 6.09. The van der Waals surface area contributed by atoms with Crippen LogP contribution in [0.25, 0.3) is 10.9 Å². The van der Waals surface area contributed by atoms with Gasteiger partial charge in [0.2, 0.25) is 0 Å². The zero-order valence-electron chi connectivity index (χ0n) is 16.2. The molecular weight excluding hydrogens is 408 g/mol. The molecule has 164 valence electrons. The Morgan fingerprint density at radius 3 is 2.60 bits per heavy atom. The number of aryl methyl sites for hydroxylation is 1. The minimum Gasteiger partial charge on any atom is -0.395 e. The number of fused-ring (bicyclic) bond motifs is 1. The van der Waals surface area contributed by atoms with Gasteiger partial charge in [0, 0.05) is 36.5 Å². The maximum Gasteiger partial charge on any atom is 0.336 e. The van der Waals surface area contributed by atoms with E-state index in [0.717, 1.165) is 6.07 Å². The Labute approximate surface area is 168 Å². The number of benzene rings is 1. The van der Waals surface area contributed by atoms with E-state index in [2.05, 4.69) is 0 Å². The van der Waals surface area contributed by atoms with Crippen LogP contribution in [-0.2, 0) is 6.05 Å². The summed E-state index contributed by atoms with van der Waals surface area (Å²) in [6.45, 7) is 0.568. The Morgan fingerprint density at radius 1 is 1.33 bits per heavy atom. The standard InChI is InChI=1S/C19H22F4N4O3/c1-8-15-10(17(29)25-18(30)27(15)19(22,23)9-2-3-9)4-12(20)16(8)26-5-11(13(21)6-26)14(24)7-28/h4,9,11,13-14,28H,2-3,5-7,24H2,1H3,(H,25,29,30). The molecule has 1 aliphatic heterocycles. The number of aliphatic hydroxyl groups is 1. The highest BCUT2D eigenvalue weighted by Gasteiger charge is 2.50. The van der Waals surface area contributed by atoms with Crippen LogP contribution in [-0.4, -0.2) is 46.6 Å². The van der Waals surface area contributed by atoms with Gasteiger partial charge in [0.25, 0.3) is 5.56 Å².